The summed E-state index contributed by atoms with van der Waals surface area (Å²) in [6.45, 7) is 3.06. The second kappa shape index (κ2) is 7.79. The number of fused-ring (bicyclic) bond motifs is 2. The monoisotopic (exact) mass is 414 g/mol. The van der Waals surface area contributed by atoms with Crippen LogP contribution in [0.15, 0.2) is 24.7 Å². The van der Waals surface area contributed by atoms with Crippen LogP contribution in [-0.4, -0.2) is 49.8 Å². The van der Waals surface area contributed by atoms with Gasteiger partial charge in [0.2, 0.25) is 5.95 Å². The molecule has 0 radical (unpaired) electrons. The highest BCUT2D eigenvalue weighted by atomic mass is 32.2. The number of hydrogen-bond donors (Lipinski definition) is 1. The van der Waals surface area contributed by atoms with Gasteiger partial charge < -0.3 is 10.1 Å². The summed E-state index contributed by atoms with van der Waals surface area (Å²) in [5, 5.41) is 11.7. The van der Waals surface area contributed by atoms with Gasteiger partial charge in [-0.25, -0.2) is 9.37 Å². The number of hydrogen-bond acceptors (Lipinski definition) is 7. The quantitative estimate of drug-likeness (QED) is 0.643. The Labute approximate surface area is 172 Å². The molecule has 29 heavy (non-hydrogen) atoms. The number of nitrogens with zero attached hydrogens (tertiary/aromatic N) is 5. The van der Waals surface area contributed by atoms with Gasteiger partial charge in [-0.15, -0.1) is 10.2 Å². The molecule has 0 bridgehead atoms. The second-order valence-corrected chi connectivity index (χ2v) is 8.28. The van der Waals surface area contributed by atoms with Crippen LogP contribution in [0.5, 0.6) is 5.75 Å². The average Bonchev–Trinajstić information content (AvgIpc) is 3.43. The van der Waals surface area contributed by atoms with Gasteiger partial charge in [-0.05, 0) is 37.1 Å². The Morgan fingerprint density at radius 2 is 2.17 bits per heavy atom. The van der Waals surface area contributed by atoms with E-state index in [0.29, 0.717) is 30.6 Å². The van der Waals surface area contributed by atoms with E-state index >= 15 is 0 Å². The minimum Gasteiger partial charge on any atom is -0.493 e. The van der Waals surface area contributed by atoms with Crippen molar-refractivity contribution in [2.75, 3.05) is 31.3 Å². The smallest absolute Gasteiger partial charge is 0.210 e. The largest absolute Gasteiger partial charge is 0.493 e. The first-order valence-electron chi connectivity index (χ1n) is 9.89. The molecule has 2 aromatic heterocycles. The molecule has 0 atom stereocenters. The molecule has 152 valence electrons. The zero-order valence-electron chi connectivity index (χ0n) is 16.3. The highest BCUT2D eigenvalue weighted by molar-refractivity contribution is 7.96. The molecule has 0 amide bonds. The van der Waals surface area contributed by atoms with Crippen molar-refractivity contribution in [2.45, 2.75) is 31.7 Å². The number of halogens is 1. The van der Waals surface area contributed by atoms with Gasteiger partial charge >= 0.3 is 0 Å². The Bertz CT molecular complexity index is 1030. The lowest BCUT2D eigenvalue weighted by Crippen LogP contribution is -2.27. The lowest BCUT2D eigenvalue weighted by atomic mass is 9.92. The molecule has 0 aliphatic carbocycles. The van der Waals surface area contributed by atoms with Gasteiger partial charge in [0.1, 0.15) is 17.9 Å². The van der Waals surface area contributed by atoms with Crippen LogP contribution < -0.4 is 10.1 Å². The van der Waals surface area contributed by atoms with Crippen molar-refractivity contribution in [3.8, 4) is 5.75 Å². The number of aromatic nitrogens is 4. The maximum absolute atomic E-state index is 14.4. The maximum Gasteiger partial charge on any atom is 0.210 e. The van der Waals surface area contributed by atoms with Crippen LogP contribution in [0.25, 0.3) is 5.65 Å². The van der Waals surface area contributed by atoms with E-state index < -0.39 is 0 Å². The van der Waals surface area contributed by atoms with Crippen LogP contribution in [0.4, 0.5) is 10.3 Å². The summed E-state index contributed by atoms with van der Waals surface area (Å²) in [4.78, 5) is 4.63. The molecular weight excluding hydrogens is 391 g/mol. The molecule has 4 heterocycles. The molecule has 0 unspecified atom stereocenters. The number of piperidine rings is 1. The third kappa shape index (κ3) is 3.42. The molecule has 1 saturated heterocycles. The van der Waals surface area contributed by atoms with Gasteiger partial charge in [0.25, 0.3) is 0 Å². The predicted molar refractivity (Wildman–Crippen MR) is 111 cm³/mol. The summed E-state index contributed by atoms with van der Waals surface area (Å²) in [6.07, 6.45) is 8.59. The lowest BCUT2D eigenvalue weighted by Gasteiger charge is -2.30. The molecule has 2 aliphatic rings. The first-order chi connectivity index (χ1) is 14.2. The molecule has 0 saturated carbocycles. The van der Waals surface area contributed by atoms with Crippen molar-refractivity contribution in [3.63, 3.8) is 0 Å². The Balaban J connectivity index is 1.39. The number of rotatable bonds is 5. The molecule has 2 aliphatic heterocycles. The van der Waals surface area contributed by atoms with E-state index in [-0.39, 0.29) is 5.82 Å². The summed E-state index contributed by atoms with van der Waals surface area (Å²) in [6, 6.07) is 3.17. The average molecular weight is 415 g/mol. The summed E-state index contributed by atoms with van der Waals surface area (Å²) in [5.41, 5.74) is 3.53. The van der Waals surface area contributed by atoms with E-state index in [1.807, 2.05) is 10.6 Å². The molecule has 1 fully saturated rings. The molecule has 0 spiro atoms. The fourth-order valence-corrected chi connectivity index (χ4v) is 4.86. The van der Waals surface area contributed by atoms with E-state index in [0.717, 1.165) is 54.9 Å². The second-order valence-electron chi connectivity index (χ2n) is 7.40. The number of ether oxygens (including phenoxy) is 1. The topological polar surface area (TPSA) is 67.6 Å². The number of benzene rings is 1. The van der Waals surface area contributed by atoms with E-state index in [1.54, 1.807) is 24.3 Å². The van der Waals surface area contributed by atoms with Gasteiger partial charge in [-0.2, -0.15) is 0 Å². The van der Waals surface area contributed by atoms with Crippen LogP contribution in [0, 0.1) is 5.82 Å². The Hall–Kier alpha value is -2.39. The SMILES string of the molecule is CSN1CCC(c2cnc(NCc3c(F)ccc4c3CCO4)n3cnnc23)CC1. The normalized spacial score (nSPS) is 17.4. The van der Waals surface area contributed by atoms with Crippen molar-refractivity contribution in [3.05, 3.63) is 47.2 Å². The van der Waals surface area contributed by atoms with Crippen LogP contribution in [0.3, 0.4) is 0 Å². The van der Waals surface area contributed by atoms with Gasteiger partial charge in [-0.3, -0.25) is 8.71 Å². The zero-order chi connectivity index (χ0) is 19.8. The van der Waals surface area contributed by atoms with Crippen molar-refractivity contribution < 1.29 is 9.13 Å². The van der Waals surface area contributed by atoms with Gasteiger partial charge in [0.15, 0.2) is 5.65 Å². The zero-order valence-corrected chi connectivity index (χ0v) is 17.1. The van der Waals surface area contributed by atoms with Gasteiger partial charge in [0.05, 0.1) is 6.61 Å². The fraction of sp³-hybridized carbons (Fsp3) is 0.450. The molecule has 3 aromatic rings. The van der Waals surface area contributed by atoms with E-state index in [4.69, 9.17) is 4.74 Å². The first kappa shape index (κ1) is 18.6. The van der Waals surface area contributed by atoms with Crippen molar-refractivity contribution >= 4 is 23.5 Å². The molecule has 1 aromatic carbocycles. The molecule has 9 heteroatoms. The van der Waals surface area contributed by atoms with Crippen LogP contribution >= 0.6 is 11.9 Å². The van der Waals surface area contributed by atoms with Crippen LogP contribution in [0.2, 0.25) is 0 Å². The minimum atomic E-state index is -0.223. The Morgan fingerprint density at radius 3 is 3.00 bits per heavy atom. The molecule has 1 N–H and O–H groups in total. The summed E-state index contributed by atoms with van der Waals surface area (Å²) in [5.74, 6) is 1.60. The van der Waals surface area contributed by atoms with E-state index in [1.165, 1.54) is 6.07 Å². The summed E-state index contributed by atoms with van der Waals surface area (Å²) >= 11 is 1.80. The van der Waals surface area contributed by atoms with E-state index in [9.17, 15) is 4.39 Å². The third-order valence-corrected chi connectivity index (χ3v) is 6.76. The minimum absolute atomic E-state index is 0.223. The van der Waals surface area contributed by atoms with Crippen molar-refractivity contribution in [1.82, 2.24) is 23.9 Å². The summed E-state index contributed by atoms with van der Waals surface area (Å²) < 4.78 is 24.2. The van der Waals surface area contributed by atoms with Crippen LogP contribution in [-0.2, 0) is 13.0 Å². The number of anilines is 1. The van der Waals surface area contributed by atoms with Crippen molar-refractivity contribution in [2.24, 2.45) is 0 Å². The first-order valence-corrected chi connectivity index (χ1v) is 11.1. The number of nitrogens with one attached hydrogen (secondary N) is 1. The molecule has 5 rings (SSSR count). The van der Waals surface area contributed by atoms with Gasteiger partial charge in [0, 0.05) is 48.9 Å². The Kier molecular flexibility index (Phi) is 5.01. The molecular formula is C20H23FN6OS. The Morgan fingerprint density at radius 1 is 1.31 bits per heavy atom. The van der Waals surface area contributed by atoms with Crippen LogP contribution in [0.1, 0.15) is 35.4 Å². The predicted octanol–water partition coefficient (Wildman–Crippen LogP) is 3.27. The fourth-order valence-electron chi connectivity index (χ4n) is 4.28. The standard InChI is InChI=1S/C20H23FN6OS/c1-29-26-7-4-13(5-8-26)15-10-22-20(27-12-24-25-19(15)27)23-11-16-14-6-9-28-18(14)3-2-17(16)21/h2-3,10,12-13H,4-9,11H2,1H3,(H,22,23). The highest BCUT2D eigenvalue weighted by Crippen LogP contribution is 2.33. The molecule has 7 nitrogen and oxygen atoms in total. The lowest BCUT2D eigenvalue weighted by molar-refractivity contribution is 0.347. The summed E-state index contributed by atoms with van der Waals surface area (Å²) in [7, 11) is 0. The van der Waals surface area contributed by atoms with Crippen molar-refractivity contribution in [1.29, 1.82) is 0 Å². The highest BCUT2D eigenvalue weighted by Gasteiger charge is 2.24. The maximum atomic E-state index is 14.4. The van der Waals surface area contributed by atoms with Gasteiger partial charge in [-0.1, -0.05) is 11.9 Å². The third-order valence-electron chi connectivity index (χ3n) is 5.88. The van der Waals surface area contributed by atoms with E-state index in [2.05, 4.69) is 31.1 Å².